The topological polar surface area (TPSA) is 77.4 Å². The molecule has 0 aliphatic heterocycles. The molecule has 2 rings (SSSR count). The maximum absolute atomic E-state index is 12.9. The smallest absolute Gasteiger partial charge is 0.339 e. The molecule has 2 aromatic rings. The molecule has 1 aromatic heterocycles. The van der Waals surface area contributed by atoms with Crippen LogP contribution in [0.2, 0.25) is 0 Å². The molecule has 0 aliphatic carbocycles. The third kappa shape index (κ3) is 4.64. The lowest BCUT2D eigenvalue weighted by molar-refractivity contribution is 0.0498. The van der Waals surface area contributed by atoms with Gasteiger partial charge in [0.2, 0.25) is 0 Å². The van der Waals surface area contributed by atoms with Gasteiger partial charge in [0.15, 0.2) is 0 Å². The predicted molar refractivity (Wildman–Crippen MR) is 104 cm³/mol. The molecule has 0 radical (unpaired) electrons. The number of aryl methyl sites for hydroxylation is 1. The summed E-state index contributed by atoms with van der Waals surface area (Å²) < 4.78 is 6.67. The van der Waals surface area contributed by atoms with E-state index in [1.807, 2.05) is 45.0 Å². The first-order valence-corrected chi connectivity index (χ1v) is 9.11. The molecule has 6 nitrogen and oxygen atoms in total. The second kappa shape index (κ2) is 9.16. The number of nitrogens with zero attached hydrogens (tertiary/aromatic N) is 1. The number of pyridine rings is 1. The minimum absolute atomic E-state index is 0.0807. The van der Waals surface area contributed by atoms with E-state index in [4.69, 9.17) is 4.74 Å². The van der Waals surface area contributed by atoms with Crippen LogP contribution in [0.25, 0.3) is 0 Å². The van der Waals surface area contributed by atoms with Crippen LogP contribution in [-0.4, -0.2) is 30.1 Å². The summed E-state index contributed by atoms with van der Waals surface area (Å²) in [5.41, 5.74) is 1.62. The SMILES string of the molecule is CCCCOC(=O)c1cc(C(=O)NC)c(=O)n([C@H](C)c2ccccc2C)c1. The summed E-state index contributed by atoms with van der Waals surface area (Å²) in [5, 5.41) is 2.45. The Kier molecular flexibility index (Phi) is 6.93. The summed E-state index contributed by atoms with van der Waals surface area (Å²) in [6.07, 6.45) is 3.13. The monoisotopic (exact) mass is 370 g/mol. The zero-order valence-corrected chi connectivity index (χ0v) is 16.2. The maximum Gasteiger partial charge on any atom is 0.339 e. The highest BCUT2D eigenvalue weighted by molar-refractivity contribution is 5.97. The standard InChI is InChI=1S/C21H26N2O4/c1-5-6-11-27-21(26)16-12-18(19(24)22-4)20(25)23(13-16)15(3)17-10-8-7-9-14(17)2/h7-10,12-13,15H,5-6,11H2,1-4H3,(H,22,24)/t15-/m1/s1. The normalized spacial score (nSPS) is 11.7. The molecule has 1 amide bonds. The predicted octanol–water partition coefficient (Wildman–Crippen LogP) is 3.08. The van der Waals surface area contributed by atoms with Crippen molar-refractivity contribution < 1.29 is 14.3 Å². The fraction of sp³-hybridized carbons (Fsp3) is 0.381. The van der Waals surface area contributed by atoms with Crippen molar-refractivity contribution in [1.82, 2.24) is 9.88 Å². The first-order valence-electron chi connectivity index (χ1n) is 9.11. The van der Waals surface area contributed by atoms with E-state index in [1.165, 1.54) is 23.9 Å². The van der Waals surface area contributed by atoms with Crippen LogP contribution in [-0.2, 0) is 4.74 Å². The number of ether oxygens (including phenoxy) is 1. The summed E-state index contributed by atoms with van der Waals surface area (Å²) in [6, 6.07) is 8.66. The Hall–Kier alpha value is -2.89. The zero-order valence-electron chi connectivity index (χ0n) is 16.2. The highest BCUT2D eigenvalue weighted by Crippen LogP contribution is 2.21. The van der Waals surface area contributed by atoms with Crippen LogP contribution in [0.4, 0.5) is 0 Å². The Morgan fingerprint density at radius 3 is 2.59 bits per heavy atom. The van der Waals surface area contributed by atoms with Crippen molar-refractivity contribution in [2.75, 3.05) is 13.7 Å². The number of amides is 1. The van der Waals surface area contributed by atoms with E-state index >= 15 is 0 Å². The van der Waals surface area contributed by atoms with Gasteiger partial charge < -0.3 is 14.6 Å². The van der Waals surface area contributed by atoms with Crippen molar-refractivity contribution in [2.45, 2.75) is 39.7 Å². The third-order valence-electron chi connectivity index (χ3n) is 4.54. The Labute approximate surface area is 159 Å². The van der Waals surface area contributed by atoms with Gasteiger partial charge in [-0.15, -0.1) is 0 Å². The van der Waals surface area contributed by atoms with Crippen LogP contribution in [0.15, 0.2) is 41.3 Å². The highest BCUT2D eigenvalue weighted by atomic mass is 16.5. The lowest BCUT2D eigenvalue weighted by Crippen LogP contribution is -2.34. The Bertz CT molecular complexity index is 886. The van der Waals surface area contributed by atoms with E-state index in [9.17, 15) is 14.4 Å². The molecule has 1 aromatic carbocycles. The van der Waals surface area contributed by atoms with E-state index < -0.39 is 17.4 Å². The lowest BCUT2D eigenvalue weighted by Gasteiger charge is -2.19. The number of carbonyl (C=O) groups is 2. The summed E-state index contributed by atoms with van der Waals surface area (Å²) in [7, 11) is 1.45. The molecule has 0 fully saturated rings. The summed E-state index contributed by atoms with van der Waals surface area (Å²) in [4.78, 5) is 37.5. The molecule has 0 spiro atoms. The number of rotatable bonds is 7. The second-order valence-corrected chi connectivity index (χ2v) is 6.46. The van der Waals surface area contributed by atoms with Crippen molar-refractivity contribution >= 4 is 11.9 Å². The van der Waals surface area contributed by atoms with Gasteiger partial charge in [-0.1, -0.05) is 37.6 Å². The molecular weight excluding hydrogens is 344 g/mol. The van der Waals surface area contributed by atoms with Crippen LogP contribution >= 0.6 is 0 Å². The van der Waals surface area contributed by atoms with Crippen LogP contribution < -0.4 is 10.9 Å². The van der Waals surface area contributed by atoms with E-state index in [-0.39, 0.29) is 17.2 Å². The third-order valence-corrected chi connectivity index (χ3v) is 4.54. The number of nitrogens with one attached hydrogen (secondary N) is 1. The summed E-state index contributed by atoms with van der Waals surface area (Å²) >= 11 is 0. The average Bonchev–Trinajstić information content (AvgIpc) is 2.67. The van der Waals surface area contributed by atoms with Crippen molar-refractivity contribution in [1.29, 1.82) is 0 Å². The molecule has 27 heavy (non-hydrogen) atoms. The average molecular weight is 370 g/mol. The number of hydrogen-bond acceptors (Lipinski definition) is 4. The fourth-order valence-electron chi connectivity index (χ4n) is 2.90. The minimum atomic E-state index is -0.542. The molecule has 6 heteroatoms. The zero-order chi connectivity index (χ0) is 20.0. The van der Waals surface area contributed by atoms with E-state index in [2.05, 4.69) is 5.32 Å². The Morgan fingerprint density at radius 2 is 1.96 bits per heavy atom. The van der Waals surface area contributed by atoms with Gasteiger partial charge in [0.1, 0.15) is 5.56 Å². The van der Waals surface area contributed by atoms with Gasteiger partial charge in [-0.05, 0) is 37.5 Å². The van der Waals surface area contributed by atoms with Gasteiger partial charge in [0.25, 0.3) is 11.5 Å². The maximum atomic E-state index is 12.9. The summed E-state index contributed by atoms with van der Waals surface area (Å²) in [6.45, 7) is 6.13. The van der Waals surface area contributed by atoms with Crippen LogP contribution in [0.5, 0.6) is 0 Å². The molecule has 0 unspecified atom stereocenters. The van der Waals surface area contributed by atoms with Crippen molar-refractivity contribution in [3.63, 3.8) is 0 Å². The molecule has 1 heterocycles. The van der Waals surface area contributed by atoms with E-state index in [0.29, 0.717) is 6.61 Å². The number of unbranched alkanes of at least 4 members (excludes halogenated alkanes) is 1. The molecule has 0 saturated carbocycles. The molecule has 0 aliphatic rings. The Morgan fingerprint density at radius 1 is 1.26 bits per heavy atom. The van der Waals surface area contributed by atoms with Crippen molar-refractivity contribution in [3.05, 3.63) is 69.1 Å². The minimum Gasteiger partial charge on any atom is -0.462 e. The van der Waals surface area contributed by atoms with Gasteiger partial charge in [0.05, 0.1) is 18.2 Å². The van der Waals surface area contributed by atoms with Crippen LogP contribution in [0.1, 0.15) is 64.6 Å². The molecule has 1 N–H and O–H groups in total. The number of benzene rings is 1. The molecule has 144 valence electrons. The number of aromatic nitrogens is 1. The highest BCUT2D eigenvalue weighted by Gasteiger charge is 2.21. The molecule has 0 bridgehead atoms. The Balaban J connectivity index is 2.54. The number of esters is 1. The quantitative estimate of drug-likeness (QED) is 0.600. The van der Waals surface area contributed by atoms with Gasteiger partial charge in [-0.2, -0.15) is 0 Å². The first kappa shape index (κ1) is 20.4. The second-order valence-electron chi connectivity index (χ2n) is 6.46. The number of hydrogen-bond donors (Lipinski definition) is 1. The van der Waals surface area contributed by atoms with Crippen LogP contribution in [0, 0.1) is 6.92 Å². The van der Waals surface area contributed by atoms with Crippen molar-refractivity contribution in [3.8, 4) is 0 Å². The van der Waals surface area contributed by atoms with Gasteiger partial charge in [-0.3, -0.25) is 9.59 Å². The van der Waals surface area contributed by atoms with E-state index in [1.54, 1.807) is 0 Å². The largest absolute Gasteiger partial charge is 0.462 e. The summed E-state index contributed by atoms with van der Waals surface area (Å²) in [5.74, 6) is -1.08. The fourth-order valence-corrected chi connectivity index (χ4v) is 2.90. The van der Waals surface area contributed by atoms with Gasteiger partial charge >= 0.3 is 5.97 Å². The van der Waals surface area contributed by atoms with Gasteiger partial charge in [0, 0.05) is 13.2 Å². The lowest BCUT2D eigenvalue weighted by atomic mass is 10.0. The first-order chi connectivity index (χ1) is 12.9. The van der Waals surface area contributed by atoms with Crippen molar-refractivity contribution in [2.24, 2.45) is 0 Å². The number of carbonyl (C=O) groups excluding carboxylic acids is 2. The van der Waals surface area contributed by atoms with E-state index in [0.717, 1.165) is 24.0 Å². The van der Waals surface area contributed by atoms with Gasteiger partial charge in [-0.25, -0.2) is 4.79 Å². The molecule has 1 atom stereocenters. The molecular formula is C21H26N2O4. The molecule has 0 saturated heterocycles. The van der Waals surface area contributed by atoms with Crippen LogP contribution in [0.3, 0.4) is 0 Å².